The number of unbranched alkanes of at least 4 members (excludes halogenated alkanes) is 1. The number of rotatable bonds is 13. The van der Waals surface area contributed by atoms with Crippen LogP contribution in [-0.4, -0.2) is 73.4 Å². The van der Waals surface area contributed by atoms with Gasteiger partial charge in [-0.1, -0.05) is 0 Å². The Balaban J connectivity index is 4.63. The third-order valence-electron chi connectivity index (χ3n) is 3.47. The average molecular weight is 449 g/mol. The van der Waals surface area contributed by atoms with Gasteiger partial charge in [0, 0.05) is 38.5 Å². The van der Waals surface area contributed by atoms with Crippen LogP contribution >= 0.6 is 0 Å². The van der Waals surface area contributed by atoms with Crippen LogP contribution in [0.3, 0.4) is 0 Å². The van der Waals surface area contributed by atoms with Crippen LogP contribution in [0, 0.1) is 0 Å². The molecule has 0 saturated heterocycles. The van der Waals surface area contributed by atoms with Gasteiger partial charge in [-0.3, -0.25) is 4.79 Å². The fourth-order valence-corrected chi connectivity index (χ4v) is 2.28. The Morgan fingerprint density at radius 3 is 2.00 bits per heavy atom. The molecular formula is C22H44N4O5. The number of nitrogens with zero attached hydrogens (tertiary/aromatic N) is 1. The largest absolute Gasteiger partial charge is 0.444 e. The summed E-state index contributed by atoms with van der Waals surface area (Å²) in [5.74, 6) is -0.575. The quantitative estimate of drug-likeness (QED) is 0.374. The summed E-state index contributed by atoms with van der Waals surface area (Å²) in [6, 6.07) is 0. The zero-order chi connectivity index (χ0) is 27.5. The van der Waals surface area contributed by atoms with E-state index in [0.717, 1.165) is 0 Å². The molecule has 0 unspecified atom stereocenters. The summed E-state index contributed by atoms with van der Waals surface area (Å²) in [5, 5.41) is 7.40. The predicted octanol–water partition coefficient (Wildman–Crippen LogP) is 3.03. The lowest BCUT2D eigenvalue weighted by Crippen LogP contribution is -2.39. The third kappa shape index (κ3) is 19.7. The van der Waals surface area contributed by atoms with Crippen molar-refractivity contribution >= 4 is 18.1 Å². The Hall–Kier alpha value is -2.03. The molecule has 0 aromatic heterocycles. The second-order valence-corrected chi connectivity index (χ2v) is 9.10. The molecule has 0 saturated carbocycles. The highest BCUT2D eigenvalue weighted by Crippen LogP contribution is 2.11. The van der Waals surface area contributed by atoms with E-state index < -0.39 is 48.7 Å². The number of carbonyl (C=O) groups is 3. The molecule has 0 atom stereocenters. The van der Waals surface area contributed by atoms with Crippen LogP contribution in [0.1, 0.15) is 79.6 Å². The fourth-order valence-electron chi connectivity index (χ4n) is 2.28. The summed E-state index contributed by atoms with van der Waals surface area (Å²) in [6.07, 6.45) is 0.0377. The number of ether oxygens (including phenoxy) is 2. The highest BCUT2D eigenvalue weighted by atomic mass is 16.6. The second-order valence-electron chi connectivity index (χ2n) is 9.10. The lowest BCUT2D eigenvalue weighted by atomic mass is 10.2. The number of carbonyl (C=O) groups excluding carboxylic acids is 3. The van der Waals surface area contributed by atoms with Crippen LogP contribution in [0.15, 0.2) is 0 Å². The first-order valence-corrected chi connectivity index (χ1v) is 10.7. The summed E-state index contributed by atoms with van der Waals surface area (Å²) in [4.78, 5) is 37.0. The predicted molar refractivity (Wildman–Crippen MR) is 122 cm³/mol. The molecule has 0 heterocycles. The van der Waals surface area contributed by atoms with Crippen LogP contribution in [0.4, 0.5) is 9.59 Å². The molecule has 182 valence electrons. The Morgan fingerprint density at radius 2 is 1.42 bits per heavy atom. The van der Waals surface area contributed by atoms with Gasteiger partial charge >= 0.3 is 12.2 Å². The minimum absolute atomic E-state index is 0.255. The Morgan fingerprint density at radius 1 is 0.806 bits per heavy atom. The van der Waals surface area contributed by atoms with Gasteiger partial charge < -0.3 is 30.3 Å². The first-order valence-electron chi connectivity index (χ1n) is 12.7. The zero-order valence-corrected chi connectivity index (χ0v) is 20.1. The van der Waals surface area contributed by atoms with E-state index in [1.807, 2.05) is 0 Å². The van der Waals surface area contributed by atoms with Crippen molar-refractivity contribution in [3.8, 4) is 0 Å². The monoisotopic (exact) mass is 448 g/mol. The highest BCUT2D eigenvalue weighted by molar-refractivity contribution is 5.72. The van der Waals surface area contributed by atoms with Crippen molar-refractivity contribution in [1.82, 2.24) is 20.9 Å². The Labute approximate surface area is 193 Å². The van der Waals surface area contributed by atoms with E-state index in [1.54, 1.807) is 46.4 Å². The lowest BCUT2D eigenvalue weighted by molar-refractivity contribution is -0.118. The molecular weight excluding hydrogens is 400 g/mol. The van der Waals surface area contributed by atoms with Crippen LogP contribution in [0.2, 0.25) is 0 Å². The standard InChI is InChI=1S/C22H44N4O5/c1-18(27)24-14-10-13-23-12-8-9-16-26(20(29)31-22(5,6)7)17-11-15-25-19(28)30-21(2,3)4/h23H,8-17H2,1-7H3,(H,24,27)(H,25,28)/i13D2,14D2. The maximum atomic E-state index is 12.6. The zero-order valence-electron chi connectivity index (χ0n) is 24.1. The molecule has 0 aliphatic heterocycles. The molecule has 0 rings (SSSR count). The number of alkyl carbamates (subject to hydrolysis) is 1. The van der Waals surface area contributed by atoms with Gasteiger partial charge in [0.05, 0.1) is 0 Å². The Kier molecular flexibility index (Phi) is 10.6. The molecule has 0 fully saturated rings. The van der Waals surface area contributed by atoms with Crippen LogP contribution < -0.4 is 16.0 Å². The van der Waals surface area contributed by atoms with Crippen LogP contribution in [-0.2, 0) is 14.3 Å². The molecule has 0 bridgehead atoms. The molecule has 0 aliphatic carbocycles. The summed E-state index contributed by atoms with van der Waals surface area (Å²) in [6.45, 7) is 8.93. The molecule has 9 heteroatoms. The van der Waals surface area contributed by atoms with Gasteiger partial charge in [0.1, 0.15) is 11.2 Å². The second kappa shape index (κ2) is 14.9. The van der Waals surface area contributed by atoms with Crippen molar-refractivity contribution in [1.29, 1.82) is 0 Å². The van der Waals surface area contributed by atoms with Crippen molar-refractivity contribution < 1.29 is 29.3 Å². The van der Waals surface area contributed by atoms with Gasteiger partial charge in [0.15, 0.2) is 0 Å². The van der Waals surface area contributed by atoms with Crippen molar-refractivity contribution in [3.63, 3.8) is 0 Å². The van der Waals surface area contributed by atoms with E-state index in [0.29, 0.717) is 38.9 Å². The molecule has 0 spiro atoms. The SMILES string of the molecule is [2H]C([2H])(CC([2H])([2H])NC(C)=O)NCCCCN(CCCNC(=O)OC(C)(C)C)C(=O)OC(C)(C)C. The van der Waals surface area contributed by atoms with Gasteiger partial charge in [0.2, 0.25) is 5.91 Å². The molecule has 31 heavy (non-hydrogen) atoms. The molecule has 0 aromatic rings. The van der Waals surface area contributed by atoms with E-state index in [2.05, 4.69) is 16.0 Å². The number of amides is 3. The molecule has 3 N–H and O–H groups in total. The summed E-state index contributed by atoms with van der Waals surface area (Å²) in [5.41, 5.74) is -1.25. The average Bonchev–Trinajstić information content (AvgIpc) is 2.57. The molecule has 0 radical (unpaired) electrons. The number of hydrogen-bond acceptors (Lipinski definition) is 6. The van der Waals surface area contributed by atoms with Crippen LogP contribution in [0.5, 0.6) is 0 Å². The van der Waals surface area contributed by atoms with Gasteiger partial charge in [-0.2, -0.15) is 0 Å². The van der Waals surface area contributed by atoms with E-state index in [4.69, 9.17) is 15.0 Å². The van der Waals surface area contributed by atoms with Crippen molar-refractivity contribution in [2.24, 2.45) is 0 Å². The fraction of sp³-hybridized carbons (Fsp3) is 0.864. The first kappa shape index (κ1) is 22.2. The van der Waals surface area contributed by atoms with Gasteiger partial charge in [0.25, 0.3) is 0 Å². The molecule has 0 aromatic carbocycles. The highest BCUT2D eigenvalue weighted by Gasteiger charge is 2.22. The van der Waals surface area contributed by atoms with Gasteiger partial charge in [-0.05, 0) is 80.3 Å². The van der Waals surface area contributed by atoms with Gasteiger partial charge in [-0.25, -0.2) is 9.59 Å². The normalized spacial score (nSPS) is 14.4. The van der Waals surface area contributed by atoms with E-state index in [-0.39, 0.29) is 6.54 Å². The molecule has 3 amide bonds. The Bertz CT molecular complexity index is 694. The summed E-state index contributed by atoms with van der Waals surface area (Å²) in [7, 11) is 0. The van der Waals surface area contributed by atoms with Crippen molar-refractivity contribution in [3.05, 3.63) is 0 Å². The van der Waals surface area contributed by atoms with E-state index >= 15 is 0 Å². The maximum absolute atomic E-state index is 12.6. The minimum Gasteiger partial charge on any atom is -0.444 e. The third-order valence-corrected chi connectivity index (χ3v) is 3.47. The minimum atomic E-state index is -2.18. The van der Waals surface area contributed by atoms with E-state index in [1.165, 1.54) is 6.92 Å². The lowest BCUT2D eigenvalue weighted by Gasteiger charge is -2.27. The molecule has 9 nitrogen and oxygen atoms in total. The van der Waals surface area contributed by atoms with Crippen molar-refractivity contribution in [2.75, 3.05) is 39.2 Å². The maximum Gasteiger partial charge on any atom is 0.410 e. The topological polar surface area (TPSA) is 109 Å². The van der Waals surface area contributed by atoms with E-state index in [9.17, 15) is 14.4 Å². The number of hydrogen-bond donors (Lipinski definition) is 3. The smallest absolute Gasteiger partial charge is 0.410 e. The summed E-state index contributed by atoms with van der Waals surface area (Å²) >= 11 is 0. The van der Waals surface area contributed by atoms with Crippen molar-refractivity contribution in [2.45, 2.75) is 85.4 Å². The first-order chi connectivity index (χ1) is 15.7. The van der Waals surface area contributed by atoms with Gasteiger partial charge in [-0.15, -0.1) is 0 Å². The number of nitrogens with one attached hydrogen (secondary N) is 3. The van der Waals surface area contributed by atoms with Crippen LogP contribution in [0.25, 0.3) is 0 Å². The summed E-state index contributed by atoms with van der Waals surface area (Å²) < 4.78 is 42.0. The molecule has 0 aliphatic rings.